The molecule has 144 valence electrons. The van der Waals surface area contributed by atoms with Crippen molar-refractivity contribution in [1.29, 1.82) is 5.26 Å². The lowest BCUT2D eigenvalue weighted by Crippen LogP contribution is -2.47. The van der Waals surface area contributed by atoms with Gasteiger partial charge < -0.3 is 4.74 Å². The maximum atomic E-state index is 15.0. The van der Waals surface area contributed by atoms with E-state index < -0.39 is 12.2 Å². The third-order valence-electron chi connectivity index (χ3n) is 4.02. The number of aryl methyl sites for hydroxylation is 1. The van der Waals surface area contributed by atoms with Crippen molar-refractivity contribution >= 4 is 11.7 Å². The number of nitriles is 1. The van der Waals surface area contributed by atoms with Gasteiger partial charge in [-0.25, -0.2) is 13.2 Å². The molecule has 1 amide bonds. The predicted molar refractivity (Wildman–Crippen MR) is 94.6 cm³/mol. The average Bonchev–Trinajstić information content (AvgIpc) is 2.68. The third kappa shape index (κ3) is 4.23. The topological polar surface area (TPSA) is 86.5 Å². The fraction of sp³-hybridized carbons (Fsp3) is 0.211. The van der Waals surface area contributed by atoms with Gasteiger partial charge in [0.1, 0.15) is 18.1 Å². The summed E-state index contributed by atoms with van der Waals surface area (Å²) in [4.78, 5) is 15.1. The molecule has 0 aromatic heterocycles. The van der Waals surface area contributed by atoms with Crippen molar-refractivity contribution < 1.29 is 22.7 Å². The lowest BCUT2D eigenvalue weighted by atomic mass is 10.1. The summed E-state index contributed by atoms with van der Waals surface area (Å²) in [5, 5.41) is 9.01. The van der Waals surface area contributed by atoms with Crippen molar-refractivity contribution in [3.05, 3.63) is 58.4 Å². The summed E-state index contributed by atoms with van der Waals surface area (Å²) in [7, 11) is 0. The molecular formula is C19H15F3N4O2. The number of rotatable bonds is 5. The van der Waals surface area contributed by atoms with Gasteiger partial charge in [0.05, 0.1) is 11.6 Å². The minimum Gasteiger partial charge on any atom is -0.454 e. The second-order valence-electron chi connectivity index (χ2n) is 6.10. The highest BCUT2D eigenvalue weighted by Gasteiger charge is 2.18. The Labute approximate surface area is 158 Å². The van der Waals surface area contributed by atoms with E-state index in [9.17, 15) is 18.0 Å². The van der Waals surface area contributed by atoms with E-state index in [4.69, 9.17) is 10.00 Å². The Morgan fingerprint density at radius 2 is 2.07 bits per heavy atom. The summed E-state index contributed by atoms with van der Waals surface area (Å²) in [6, 6.07) is 8.34. The van der Waals surface area contributed by atoms with Crippen LogP contribution in [-0.2, 0) is 11.2 Å². The fourth-order valence-electron chi connectivity index (χ4n) is 2.61. The lowest BCUT2D eigenvalue weighted by Gasteiger charge is -2.17. The largest absolute Gasteiger partial charge is 0.454 e. The van der Waals surface area contributed by atoms with E-state index in [0.717, 1.165) is 12.1 Å². The van der Waals surface area contributed by atoms with Crippen LogP contribution in [0.1, 0.15) is 28.7 Å². The third-order valence-corrected chi connectivity index (χ3v) is 4.02. The van der Waals surface area contributed by atoms with Gasteiger partial charge in [0.2, 0.25) is 0 Å². The van der Waals surface area contributed by atoms with Crippen LogP contribution in [0.25, 0.3) is 0 Å². The maximum Gasteiger partial charge on any atom is 0.264 e. The number of amidine groups is 1. The highest BCUT2D eigenvalue weighted by Crippen LogP contribution is 2.33. The number of aliphatic imine (C=N–C) groups is 1. The summed E-state index contributed by atoms with van der Waals surface area (Å²) in [5.41, 5.74) is 5.27. The lowest BCUT2D eigenvalue weighted by molar-refractivity contribution is -0.120. The molecule has 0 aliphatic carbocycles. The van der Waals surface area contributed by atoms with Gasteiger partial charge in [-0.2, -0.15) is 5.26 Å². The Morgan fingerprint density at radius 3 is 2.71 bits per heavy atom. The van der Waals surface area contributed by atoms with Gasteiger partial charge in [0, 0.05) is 12.0 Å². The molecule has 1 aliphatic heterocycles. The van der Waals surface area contributed by atoms with Crippen LogP contribution in [0.3, 0.4) is 0 Å². The van der Waals surface area contributed by atoms with Gasteiger partial charge in [0.15, 0.2) is 11.6 Å². The molecule has 0 unspecified atom stereocenters. The number of hydrazine groups is 1. The van der Waals surface area contributed by atoms with Crippen LogP contribution in [0.4, 0.5) is 13.2 Å². The molecule has 28 heavy (non-hydrogen) atoms. The molecule has 0 saturated heterocycles. The predicted octanol–water partition coefficient (Wildman–Crippen LogP) is 3.31. The SMILES string of the molecule is Cc1ccc(CC2=NCC(=O)NN2)c(F)c1Oc1cc(C#N)cc(C(F)F)c1. The molecule has 1 heterocycles. The number of carbonyl (C=O) groups is 1. The molecule has 2 aromatic carbocycles. The number of ether oxygens (including phenoxy) is 1. The Bertz CT molecular complexity index is 999. The van der Waals surface area contributed by atoms with E-state index in [1.807, 2.05) is 0 Å². The van der Waals surface area contributed by atoms with Crippen molar-refractivity contribution in [1.82, 2.24) is 10.9 Å². The number of nitrogens with zero attached hydrogens (tertiary/aromatic N) is 2. The van der Waals surface area contributed by atoms with Crippen LogP contribution in [0, 0.1) is 24.1 Å². The summed E-state index contributed by atoms with van der Waals surface area (Å²) >= 11 is 0. The molecule has 0 radical (unpaired) electrons. The van der Waals surface area contributed by atoms with E-state index in [2.05, 4.69) is 15.8 Å². The zero-order valence-electron chi connectivity index (χ0n) is 14.7. The van der Waals surface area contributed by atoms with Crippen LogP contribution in [0.15, 0.2) is 35.3 Å². The first-order chi connectivity index (χ1) is 13.4. The van der Waals surface area contributed by atoms with Gasteiger partial charge in [0.25, 0.3) is 12.3 Å². The first-order valence-corrected chi connectivity index (χ1v) is 8.24. The number of hydrogen-bond acceptors (Lipinski definition) is 5. The van der Waals surface area contributed by atoms with Crippen molar-refractivity contribution in [2.75, 3.05) is 6.54 Å². The number of amides is 1. The van der Waals surface area contributed by atoms with Crippen LogP contribution in [0.5, 0.6) is 11.5 Å². The van der Waals surface area contributed by atoms with Crippen molar-refractivity contribution in [2.24, 2.45) is 4.99 Å². The van der Waals surface area contributed by atoms with E-state index in [1.165, 1.54) is 6.07 Å². The molecule has 9 heteroatoms. The Kier molecular flexibility index (Phi) is 5.49. The Balaban J connectivity index is 1.92. The number of halogens is 3. The summed E-state index contributed by atoms with van der Waals surface area (Å²) in [5.74, 6) is -0.798. The van der Waals surface area contributed by atoms with Gasteiger partial charge >= 0.3 is 0 Å². The van der Waals surface area contributed by atoms with Gasteiger partial charge in [-0.15, -0.1) is 0 Å². The number of alkyl halides is 2. The minimum atomic E-state index is -2.79. The van der Waals surface area contributed by atoms with Crippen LogP contribution >= 0.6 is 0 Å². The first-order valence-electron chi connectivity index (χ1n) is 8.24. The first kappa shape index (κ1) is 19.2. The van der Waals surface area contributed by atoms with E-state index in [1.54, 1.807) is 25.1 Å². The molecule has 0 fully saturated rings. The van der Waals surface area contributed by atoms with Crippen molar-refractivity contribution in [3.8, 4) is 17.6 Å². The highest BCUT2D eigenvalue weighted by atomic mass is 19.3. The Hall–Kier alpha value is -3.54. The molecule has 1 aliphatic rings. The molecule has 2 aromatic rings. The Morgan fingerprint density at radius 1 is 1.29 bits per heavy atom. The van der Waals surface area contributed by atoms with Crippen LogP contribution in [0.2, 0.25) is 0 Å². The average molecular weight is 388 g/mol. The zero-order valence-corrected chi connectivity index (χ0v) is 14.7. The second kappa shape index (κ2) is 8.00. The molecule has 0 saturated carbocycles. The molecule has 2 N–H and O–H groups in total. The second-order valence-corrected chi connectivity index (χ2v) is 6.10. The molecule has 3 rings (SSSR count). The summed E-state index contributed by atoms with van der Waals surface area (Å²) in [6.07, 6.45) is -2.72. The number of carbonyl (C=O) groups excluding carboxylic acids is 1. The van der Waals surface area contributed by atoms with E-state index >= 15 is 0 Å². The fourth-order valence-corrected chi connectivity index (χ4v) is 2.61. The van der Waals surface area contributed by atoms with Crippen LogP contribution < -0.4 is 15.6 Å². The van der Waals surface area contributed by atoms with Gasteiger partial charge in [-0.05, 0) is 36.2 Å². The standard InChI is InChI=1S/C19H15F3N4O2/c1-10-2-3-12(7-15-24-9-16(27)26-25-15)17(20)18(10)28-14-5-11(8-23)4-13(6-14)19(21)22/h2-6,19H,7,9H2,1H3,(H,24,25)(H,26,27). The molecule has 0 bridgehead atoms. The number of nitrogens with one attached hydrogen (secondary N) is 2. The van der Waals surface area contributed by atoms with Crippen molar-refractivity contribution in [2.45, 2.75) is 19.8 Å². The highest BCUT2D eigenvalue weighted by molar-refractivity contribution is 5.92. The monoisotopic (exact) mass is 388 g/mol. The quantitative estimate of drug-likeness (QED) is 0.823. The zero-order chi connectivity index (χ0) is 20.3. The molecule has 6 nitrogen and oxygen atoms in total. The summed E-state index contributed by atoms with van der Waals surface area (Å²) in [6.45, 7) is 1.55. The molecular weight excluding hydrogens is 373 g/mol. The van der Waals surface area contributed by atoms with Gasteiger partial charge in [-0.1, -0.05) is 12.1 Å². The number of benzene rings is 2. The molecule has 0 atom stereocenters. The summed E-state index contributed by atoms with van der Waals surface area (Å²) < 4.78 is 46.6. The van der Waals surface area contributed by atoms with E-state index in [0.29, 0.717) is 11.4 Å². The van der Waals surface area contributed by atoms with E-state index in [-0.39, 0.29) is 47.1 Å². The van der Waals surface area contributed by atoms with Crippen molar-refractivity contribution in [3.63, 3.8) is 0 Å². The normalized spacial score (nSPS) is 13.4. The van der Waals surface area contributed by atoms with Crippen LogP contribution in [-0.4, -0.2) is 18.3 Å². The smallest absolute Gasteiger partial charge is 0.264 e. The number of hydrogen-bond donors (Lipinski definition) is 2. The maximum absolute atomic E-state index is 15.0. The minimum absolute atomic E-state index is 0.0153. The van der Waals surface area contributed by atoms with Gasteiger partial charge in [-0.3, -0.25) is 20.6 Å². The molecule has 0 spiro atoms.